The van der Waals surface area contributed by atoms with E-state index < -0.39 is 6.10 Å². The predicted octanol–water partition coefficient (Wildman–Crippen LogP) is 2.14. The SMILES string of the molecule is COc1ccc(OC)c2c1CN(Cc1ncc(Cl)n1C)CC2O. The molecule has 0 aliphatic carbocycles. The molecule has 0 fully saturated rings. The minimum atomic E-state index is -0.639. The van der Waals surface area contributed by atoms with Crippen molar-refractivity contribution in [1.82, 2.24) is 14.5 Å². The lowest BCUT2D eigenvalue weighted by atomic mass is 9.95. The fourth-order valence-electron chi connectivity index (χ4n) is 3.04. The Hall–Kier alpha value is -1.76. The van der Waals surface area contributed by atoms with Crippen molar-refractivity contribution in [2.24, 2.45) is 7.05 Å². The quantitative estimate of drug-likeness (QED) is 0.926. The Morgan fingerprint density at radius 2 is 2.00 bits per heavy atom. The summed E-state index contributed by atoms with van der Waals surface area (Å²) in [5.74, 6) is 2.29. The van der Waals surface area contributed by atoms with E-state index in [4.69, 9.17) is 21.1 Å². The van der Waals surface area contributed by atoms with Crippen LogP contribution < -0.4 is 9.47 Å². The van der Waals surface area contributed by atoms with Crippen LogP contribution in [0, 0.1) is 0 Å². The van der Waals surface area contributed by atoms with Crippen LogP contribution in [0.25, 0.3) is 0 Å². The average molecular weight is 338 g/mol. The van der Waals surface area contributed by atoms with Crippen molar-refractivity contribution >= 4 is 11.6 Å². The Balaban J connectivity index is 1.92. The van der Waals surface area contributed by atoms with Crippen LogP contribution in [0.15, 0.2) is 18.3 Å². The van der Waals surface area contributed by atoms with E-state index in [2.05, 4.69) is 9.88 Å². The van der Waals surface area contributed by atoms with Gasteiger partial charge < -0.3 is 19.1 Å². The maximum absolute atomic E-state index is 10.6. The number of hydrogen-bond acceptors (Lipinski definition) is 5. The van der Waals surface area contributed by atoms with E-state index in [1.807, 2.05) is 23.7 Å². The molecule has 0 bridgehead atoms. The number of halogens is 1. The van der Waals surface area contributed by atoms with Gasteiger partial charge in [-0.05, 0) is 12.1 Å². The van der Waals surface area contributed by atoms with Crippen LogP contribution in [0.1, 0.15) is 23.1 Å². The van der Waals surface area contributed by atoms with Gasteiger partial charge in [-0.2, -0.15) is 0 Å². The molecule has 0 saturated carbocycles. The van der Waals surface area contributed by atoms with Crippen LogP contribution in [0.3, 0.4) is 0 Å². The first-order valence-corrected chi connectivity index (χ1v) is 7.73. The Morgan fingerprint density at radius 1 is 1.30 bits per heavy atom. The minimum Gasteiger partial charge on any atom is -0.496 e. The largest absolute Gasteiger partial charge is 0.496 e. The molecule has 7 heteroatoms. The molecule has 1 atom stereocenters. The molecule has 0 amide bonds. The number of nitrogens with zero attached hydrogens (tertiary/aromatic N) is 3. The third-order valence-corrected chi connectivity index (χ3v) is 4.60. The normalized spacial score (nSPS) is 17.9. The summed E-state index contributed by atoms with van der Waals surface area (Å²) in [5.41, 5.74) is 1.76. The molecule has 2 heterocycles. The monoisotopic (exact) mass is 337 g/mol. The van der Waals surface area contributed by atoms with Gasteiger partial charge in [0.05, 0.1) is 33.1 Å². The smallest absolute Gasteiger partial charge is 0.128 e. The molecule has 1 aliphatic rings. The Morgan fingerprint density at radius 3 is 2.61 bits per heavy atom. The van der Waals surface area contributed by atoms with Crippen molar-refractivity contribution in [3.05, 3.63) is 40.4 Å². The number of hydrogen-bond donors (Lipinski definition) is 1. The van der Waals surface area contributed by atoms with Gasteiger partial charge in [-0.15, -0.1) is 0 Å². The lowest BCUT2D eigenvalue weighted by Crippen LogP contribution is -2.34. The van der Waals surface area contributed by atoms with E-state index in [-0.39, 0.29) is 0 Å². The fraction of sp³-hybridized carbons (Fsp3) is 0.438. The van der Waals surface area contributed by atoms with Crippen molar-refractivity contribution in [3.8, 4) is 11.5 Å². The van der Waals surface area contributed by atoms with E-state index in [1.54, 1.807) is 20.4 Å². The standard InChI is InChI=1S/C16H20ClN3O3/c1-19-14(17)6-18-15(19)9-20-7-10-12(22-2)4-5-13(23-3)16(10)11(21)8-20/h4-6,11,21H,7-9H2,1-3H3. The highest BCUT2D eigenvalue weighted by Crippen LogP contribution is 2.39. The van der Waals surface area contributed by atoms with Crippen molar-refractivity contribution < 1.29 is 14.6 Å². The molecule has 1 aromatic carbocycles. The molecule has 3 rings (SSSR count). The van der Waals surface area contributed by atoms with Crippen molar-refractivity contribution in [1.29, 1.82) is 0 Å². The lowest BCUT2D eigenvalue weighted by Gasteiger charge is -2.33. The summed E-state index contributed by atoms with van der Waals surface area (Å²) in [6, 6.07) is 3.70. The summed E-state index contributed by atoms with van der Waals surface area (Å²) < 4.78 is 12.7. The maximum Gasteiger partial charge on any atom is 0.128 e. The molecule has 124 valence electrons. The second-order valence-electron chi connectivity index (χ2n) is 5.60. The van der Waals surface area contributed by atoms with Gasteiger partial charge in [0.2, 0.25) is 0 Å². The number of rotatable bonds is 4. The number of benzene rings is 1. The Kier molecular flexibility index (Phi) is 4.48. The van der Waals surface area contributed by atoms with Crippen LogP contribution in [-0.2, 0) is 20.1 Å². The van der Waals surface area contributed by atoms with Gasteiger partial charge in [0.25, 0.3) is 0 Å². The summed E-state index contributed by atoms with van der Waals surface area (Å²) in [5, 5.41) is 11.2. The van der Waals surface area contributed by atoms with Gasteiger partial charge in [0.1, 0.15) is 22.5 Å². The zero-order valence-corrected chi connectivity index (χ0v) is 14.2. The Bertz CT molecular complexity index is 717. The highest BCUT2D eigenvalue weighted by atomic mass is 35.5. The summed E-state index contributed by atoms with van der Waals surface area (Å²) >= 11 is 6.04. The number of methoxy groups -OCH3 is 2. The second-order valence-corrected chi connectivity index (χ2v) is 5.99. The van der Waals surface area contributed by atoms with E-state index >= 15 is 0 Å². The zero-order chi connectivity index (χ0) is 16.6. The molecular weight excluding hydrogens is 318 g/mol. The molecule has 2 aromatic rings. The van der Waals surface area contributed by atoms with Gasteiger partial charge in [0.15, 0.2) is 0 Å². The van der Waals surface area contributed by atoms with Crippen molar-refractivity contribution in [3.63, 3.8) is 0 Å². The predicted molar refractivity (Wildman–Crippen MR) is 86.8 cm³/mol. The number of aliphatic hydroxyl groups is 1. The lowest BCUT2D eigenvalue weighted by molar-refractivity contribution is 0.0823. The summed E-state index contributed by atoms with van der Waals surface area (Å²) in [6.07, 6.45) is 0.994. The minimum absolute atomic E-state index is 0.501. The van der Waals surface area contributed by atoms with E-state index in [9.17, 15) is 5.11 Å². The van der Waals surface area contributed by atoms with Gasteiger partial charge in [-0.1, -0.05) is 11.6 Å². The van der Waals surface area contributed by atoms with Crippen LogP contribution in [0.4, 0.5) is 0 Å². The number of aliphatic hydroxyl groups excluding tert-OH is 1. The first-order chi connectivity index (χ1) is 11.0. The average Bonchev–Trinajstić information content (AvgIpc) is 2.86. The van der Waals surface area contributed by atoms with Crippen LogP contribution in [-0.4, -0.2) is 40.3 Å². The topological polar surface area (TPSA) is 59.8 Å². The molecule has 23 heavy (non-hydrogen) atoms. The van der Waals surface area contributed by atoms with Gasteiger partial charge in [-0.3, -0.25) is 4.90 Å². The highest BCUT2D eigenvalue weighted by molar-refractivity contribution is 6.29. The number of β-amino-alcohol motifs (C(OH)–C–C–N with tert-alkyl or cyclic N) is 1. The molecule has 0 radical (unpaired) electrons. The molecule has 1 aromatic heterocycles. The first-order valence-electron chi connectivity index (χ1n) is 7.35. The molecule has 0 saturated heterocycles. The Labute approximate surface area is 140 Å². The maximum atomic E-state index is 10.6. The molecule has 0 spiro atoms. The summed E-state index contributed by atoms with van der Waals surface area (Å²) in [4.78, 5) is 6.44. The van der Waals surface area contributed by atoms with Crippen molar-refractivity contribution in [2.45, 2.75) is 19.2 Å². The zero-order valence-electron chi connectivity index (χ0n) is 13.4. The first kappa shape index (κ1) is 16.1. The molecule has 1 unspecified atom stereocenters. The number of ether oxygens (including phenoxy) is 2. The van der Waals surface area contributed by atoms with Crippen molar-refractivity contribution in [2.75, 3.05) is 20.8 Å². The number of imidazole rings is 1. The number of aromatic nitrogens is 2. The van der Waals surface area contributed by atoms with Crippen LogP contribution in [0.5, 0.6) is 11.5 Å². The van der Waals surface area contributed by atoms with Gasteiger partial charge in [0, 0.05) is 31.3 Å². The van der Waals surface area contributed by atoms with E-state index in [1.165, 1.54) is 0 Å². The third kappa shape index (κ3) is 2.89. The second kappa shape index (κ2) is 6.39. The number of fused-ring (bicyclic) bond motifs is 1. The third-order valence-electron chi connectivity index (χ3n) is 4.25. The fourth-order valence-corrected chi connectivity index (χ4v) is 3.18. The van der Waals surface area contributed by atoms with Gasteiger partial charge >= 0.3 is 0 Å². The molecule has 6 nitrogen and oxygen atoms in total. The summed E-state index contributed by atoms with van der Waals surface area (Å²) in [7, 11) is 5.12. The van der Waals surface area contributed by atoms with E-state index in [0.29, 0.717) is 30.5 Å². The van der Waals surface area contributed by atoms with Crippen LogP contribution in [0.2, 0.25) is 5.15 Å². The van der Waals surface area contributed by atoms with Gasteiger partial charge in [-0.25, -0.2) is 4.98 Å². The van der Waals surface area contributed by atoms with Crippen LogP contribution >= 0.6 is 11.6 Å². The van der Waals surface area contributed by atoms with E-state index in [0.717, 1.165) is 22.7 Å². The molecule has 1 N–H and O–H groups in total. The highest BCUT2D eigenvalue weighted by Gasteiger charge is 2.30. The molecule has 1 aliphatic heterocycles. The summed E-state index contributed by atoms with van der Waals surface area (Å²) in [6.45, 7) is 1.75. The molecular formula is C16H20ClN3O3.